The minimum absolute atomic E-state index is 0.160. The van der Waals surface area contributed by atoms with E-state index in [-0.39, 0.29) is 12.6 Å². The van der Waals surface area contributed by atoms with Gasteiger partial charge in [0, 0.05) is 12.1 Å². The van der Waals surface area contributed by atoms with Crippen LogP contribution in [0.5, 0.6) is 0 Å². The minimum atomic E-state index is 0.160. The molecule has 4 atom stereocenters. The smallest absolute Gasteiger partial charge is 0.0587 e. The van der Waals surface area contributed by atoms with E-state index in [2.05, 4.69) is 50.4 Å². The van der Waals surface area contributed by atoms with Gasteiger partial charge in [-0.1, -0.05) is 51.1 Å². The van der Waals surface area contributed by atoms with Crippen molar-refractivity contribution >= 4 is 0 Å². The van der Waals surface area contributed by atoms with Gasteiger partial charge in [0.1, 0.15) is 0 Å². The van der Waals surface area contributed by atoms with Crippen molar-refractivity contribution in [3.8, 4) is 0 Å². The van der Waals surface area contributed by atoms with Crippen LogP contribution < -0.4 is 5.32 Å². The Morgan fingerprint density at radius 2 is 1.95 bits per heavy atom. The summed E-state index contributed by atoms with van der Waals surface area (Å²) in [6.45, 7) is 7.48. The van der Waals surface area contributed by atoms with Crippen molar-refractivity contribution in [3.63, 3.8) is 0 Å². The maximum absolute atomic E-state index is 9.81. The summed E-state index contributed by atoms with van der Waals surface area (Å²) in [7, 11) is 0. The van der Waals surface area contributed by atoms with Crippen LogP contribution in [0.4, 0.5) is 0 Å². The van der Waals surface area contributed by atoms with Crippen molar-refractivity contribution in [3.05, 3.63) is 35.9 Å². The number of nitrogens with one attached hydrogen (secondary N) is 1. The van der Waals surface area contributed by atoms with Crippen LogP contribution in [0.25, 0.3) is 0 Å². The summed E-state index contributed by atoms with van der Waals surface area (Å²) < 4.78 is 0. The molecule has 2 saturated carbocycles. The van der Waals surface area contributed by atoms with Gasteiger partial charge in [-0.2, -0.15) is 0 Å². The van der Waals surface area contributed by atoms with E-state index >= 15 is 0 Å². The quantitative estimate of drug-likeness (QED) is 0.870. The number of rotatable bonds is 5. The van der Waals surface area contributed by atoms with Crippen molar-refractivity contribution < 1.29 is 5.11 Å². The highest BCUT2D eigenvalue weighted by atomic mass is 16.3. The molecule has 1 aromatic rings. The number of hydrogen-bond acceptors (Lipinski definition) is 2. The van der Waals surface area contributed by atoms with Gasteiger partial charge in [-0.15, -0.1) is 0 Å². The molecule has 0 amide bonds. The number of benzene rings is 1. The van der Waals surface area contributed by atoms with Crippen molar-refractivity contribution in [2.45, 2.75) is 58.5 Å². The van der Waals surface area contributed by atoms with Crippen molar-refractivity contribution in [2.75, 3.05) is 6.61 Å². The fraction of sp³-hybridized carbons (Fsp3) is 0.684. The Hall–Kier alpha value is -0.860. The highest BCUT2D eigenvalue weighted by molar-refractivity contribution is 5.17. The molecule has 0 heterocycles. The van der Waals surface area contributed by atoms with Crippen LogP contribution >= 0.6 is 0 Å². The Kier molecular flexibility index (Phi) is 3.87. The number of aliphatic hydroxyl groups excluding tert-OH is 1. The molecule has 2 N–H and O–H groups in total. The van der Waals surface area contributed by atoms with E-state index in [0.29, 0.717) is 16.9 Å². The Labute approximate surface area is 129 Å². The molecule has 0 aromatic heterocycles. The summed E-state index contributed by atoms with van der Waals surface area (Å²) in [5.41, 5.74) is 2.06. The highest BCUT2D eigenvalue weighted by Crippen LogP contribution is 2.62. The predicted molar refractivity (Wildman–Crippen MR) is 87.2 cm³/mol. The van der Waals surface area contributed by atoms with E-state index in [0.717, 1.165) is 12.3 Å². The third kappa shape index (κ3) is 2.64. The molecule has 0 spiro atoms. The lowest BCUT2D eigenvalue weighted by Crippen LogP contribution is -2.55. The normalized spacial score (nSPS) is 35.0. The van der Waals surface area contributed by atoms with Crippen LogP contribution in [-0.4, -0.2) is 23.8 Å². The van der Waals surface area contributed by atoms with E-state index in [9.17, 15) is 5.11 Å². The van der Waals surface area contributed by atoms with Crippen LogP contribution in [0.3, 0.4) is 0 Å². The first-order valence-electron chi connectivity index (χ1n) is 8.36. The maximum Gasteiger partial charge on any atom is 0.0587 e. The molecular weight excluding hydrogens is 258 g/mol. The molecule has 21 heavy (non-hydrogen) atoms. The first kappa shape index (κ1) is 15.1. The lowest BCUT2D eigenvalue weighted by molar-refractivity contribution is 0.0867. The second-order valence-electron chi connectivity index (χ2n) is 8.08. The summed E-state index contributed by atoms with van der Waals surface area (Å²) in [6, 6.07) is 11.2. The first-order valence-corrected chi connectivity index (χ1v) is 8.36. The Balaban J connectivity index is 1.72. The molecule has 0 saturated heterocycles. The van der Waals surface area contributed by atoms with E-state index in [1.54, 1.807) is 0 Å². The van der Waals surface area contributed by atoms with Gasteiger partial charge in [0.2, 0.25) is 0 Å². The van der Waals surface area contributed by atoms with Crippen molar-refractivity contribution in [1.29, 1.82) is 0 Å². The van der Waals surface area contributed by atoms with Crippen LogP contribution in [0.15, 0.2) is 30.3 Å². The highest BCUT2D eigenvalue weighted by Gasteiger charge is 2.59. The van der Waals surface area contributed by atoms with Gasteiger partial charge in [-0.3, -0.25) is 0 Å². The van der Waals surface area contributed by atoms with Crippen LogP contribution in [0, 0.1) is 16.7 Å². The monoisotopic (exact) mass is 287 g/mol. The SMILES string of the molecule is CC1(C)C(N[C@H](CO)Cc2ccccc2)[C@]2(C)CC[C@H]1C2. The molecular formula is C19H29NO. The molecule has 3 rings (SSSR count). The predicted octanol–water partition coefficient (Wildman–Crippen LogP) is 3.39. The van der Waals surface area contributed by atoms with Gasteiger partial charge in [0.15, 0.2) is 0 Å². The Morgan fingerprint density at radius 1 is 1.24 bits per heavy atom. The third-order valence-electron chi connectivity index (χ3n) is 6.22. The zero-order valence-corrected chi connectivity index (χ0v) is 13.6. The van der Waals surface area contributed by atoms with Crippen LogP contribution in [0.2, 0.25) is 0 Å². The van der Waals surface area contributed by atoms with E-state index < -0.39 is 0 Å². The number of fused-ring (bicyclic) bond motifs is 2. The summed E-state index contributed by atoms with van der Waals surface area (Å²) in [5.74, 6) is 0.844. The van der Waals surface area contributed by atoms with E-state index in [1.165, 1.54) is 24.8 Å². The van der Waals surface area contributed by atoms with E-state index in [1.807, 2.05) is 6.07 Å². The van der Waals surface area contributed by atoms with Crippen molar-refractivity contribution in [2.24, 2.45) is 16.7 Å². The zero-order valence-electron chi connectivity index (χ0n) is 13.6. The molecule has 1 aromatic carbocycles. The second kappa shape index (κ2) is 5.40. The second-order valence-corrected chi connectivity index (χ2v) is 8.08. The molecule has 116 valence electrons. The number of hydrogen-bond donors (Lipinski definition) is 2. The summed E-state index contributed by atoms with van der Waals surface area (Å²) in [6.07, 6.45) is 4.97. The molecule has 2 fully saturated rings. The zero-order chi connectivity index (χ0) is 15.1. The number of aliphatic hydroxyl groups is 1. The molecule has 2 heteroatoms. The maximum atomic E-state index is 9.81. The lowest BCUT2D eigenvalue weighted by atomic mass is 9.68. The summed E-state index contributed by atoms with van der Waals surface area (Å²) >= 11 is 0. The van der Waals surface area contributed by atoms with Gasteiger partial charge in [-0.05, 0) is 48.0 Å². The molecule has 2 bridgehead atoms. The largest absolute Gasteiger partial charge is 0.395 e. The molecule has 0 aliphatic heterocycles. The summed E-state index contributed by atoms with van der Waals surface area (Å²) in [4.78, 5) is 0. The third-order valence-corrected chi connectivity index (χ3v) is 6.22. The average Bonchev–Trinajstić information content (AvgIpc) is 2.94. The minimum Gasteiger partial charge on any atom is -0.395 e. The van der Waals surface area contributed by atoms with Gasteiger partial charge >= 0.3 is 0 Å². The topological polar surface area (TPSA) is 32.3 Å². The van der Waals surface area contributed by atoms with Gasteiger partial charge < -0.3 is 10.4 Å². The fourth-order valence-electron chi connectivity index (χ4n) is 5.03. The molecule has 2 aliphatic carbocycles. The van der Waals surface area contributed by atoms with Gasteiger partial charge in [-0.25, -0.2) is 0 Å². The van der Waals surface area contributed by atoms with Gasteiger partial charge in [0.25, 0.3) is 0 Å². The fourth-order valence-corrected chi connectivity index (χ4v) is 5.03. The molecule has 1 unspecified atom stereocenters. The van der Waals surface area contributed by atoms with E-state index in [4.69, 9.17) is 0 Å². The lowest BCUT2D eigenvalue weighted by Gasteiger charge is -2.45. The summed E-state index contributed by atoms with van der Waals surface area (Å²) in [5, 5.41) is 13.6. The molecule has 0 radical (unpaired) electrons. The molecule has 2 nitrogen and oxygen atoms in total. The molecule has 2 aliphatic rings. The Bertz CT molecular complexity index is 479. The average molecular weight is 287 g/mol. The van der Waals surface area contributed by atoms with Crippen LogP contribution in [0.1, 0.15) is 45.6 Å². The Morgan fingerprint density at radius 3 is 2.52 bits per heavy atom. The van der Waals surface area contributed by atoms with Crippen LogP contribution in [-0.2, 0) is 6.42 Å². The first-order chi connectivity index (χ1) is 9.95. The van der Waals surface area contributed by atoms with Crippen molar-refractivity contribution in [1.82, 2.24) is 5.32 Å². The standard InChI is InChI=1S/C19H29NO/c1-18(2)15-9-10-19(3,12-15)17(18)20-16(13-21)11-14-7-5-4-6-8-14/h4-8,15-17,20-21H,9-13H2,1-3H3/t15-,16-,17?,19+/m0/s1. The van der Waals surface area contributed by atoms with Gasteiger partial charge in [0.05, 0.1) is 6.61 Å².